The summed E-state index contributed by atoms with van der Waals surface area (Å²) in [4.78, 5) is 4.86. The van der Waals surface area contributed by atoms with Gasteiger partial charge in [-0.3, -0.25) is 0 Å². The maximum Gasteiger partial charge on any atom is 0.191 e. The van der Waals surface area contributed by atoms with Crippen molar-refractivity contribution in [2.75, 3.05) is 19.3 Å². The van der Waals surface area contributed by atoms with Crippen LogP contribution >= 0.6 is 24.0 Å². The van der Waals surface area contributed by atoms with Crippen LogP contribution in [0.1, 0.15) is 23.6 Å². The standard InChI is InChI=1S/C20H26FN3O2S.HI/c1-4-22-20(23-12-11-17-7-5-6-8-18(17)21)24-14-16-9-10-19(15(2)13-16)27(3,25)26;/h5-10,13H,4,11-12,14H2,1-3H3,(H2,22,23,24);1H. The highest BCUT2D eigenvalue weighted by atomic mass is 127. The molecule has 0 aliphatic carbocycles. The first kappa shape index (κ1) is 24.4. The minimum absolute atomic E-state index is 0. The van der Waals surface area contributed by atoms with Crippen LogP contribution in [-0.4, -0.2) is 33.7 Å². The third kappa shape index (κ3) is 7.38. The van der Waals surface area contributed by atoms with Gasteiger partial charge in [0.15, 0.2) is 15.8 Å². The fourth-order valence-corrected chi connectivity index (χ4v) is 3.71. The van der Waals surface area contributed by atoms with E-state index in [2.05, 4.69) is 15.6 Å². The molecule has 0 spiro atoms. The number of hydrogen-bond donors (Lipinski definition) is 2. The van der Waals surface area contributed by atoms with Gasteiger partial charge in [-0.1, -0.05) is 30.3 Å². The quantitative estimate of drug-likeness (QED) is 0.334. The summed E-state index contributed by atoms with van der Waals surface area (Å²) >= 11 is 0. The Morgan fingerprint density at radius 3 is 2.46 bits per heavy atom. The van der Waals surface area contributed by atoms with Crippen molar-refractivity contribution in [2.45, 2.75) is 31.7 Å². The molecule has 2 N–H and O–H groups in total. The molecular weight excluding hydrogens is 492 g/mol. The molecule has 0 saturated carbocycles. The van der Waals surface area contributed by atoms with Crippen LogP contribution in [0.15, 0.2) is 52.4 Å². The molecule has 8 heteroatoms. The first-order valence-corrected chi connectivity index (χ1v) is 10.8. The summed E-state index contributed by atoms with van der Waals surface area (Å²) in [7, 11) is -3.22. The van der Waals surface area contributed by atoms with Crippen LogP contribution in [0, 0.1) is 12.7 Å². The average molecular weight is 519 g/mol. The van der Waals surface area contributed by atoms with Gasteiger partial charge in [-0.2, -0.15) is 0 Å². The topological polar surface area (TPSA) is 70.6 Å². The third-order valence-electron chi connectivity index (χ3n) is 4.05. The number of sulfone groups is 1. The Bertz CT molecular complexity index is 917. The molecular formula is C20H27FIN3O2S. The number of guanidine groups is 1. The van der Waals surface area contributed by atoms with E-state index in [0.29, 0.717) is 48.0 Å². The van der Waals surface area contributed by atoms with E-state index in [4.69, 9.17) is 0 Å². The normalized spacial score (nSPS) is 11.6. The van der Waals surface area contributed by atoms with Crippen molar-refractivity contribution in [3.63, 3.8) is 0 Å². The second kappa shape index (κ2) is 11.4. The van der Waals surface area contributed by atoms with Gasteiger partial charge in [-0.25, -0.2) is 17.8 Å². The molecule has 2 aromatic rings. The largest absolute Gasteiger partial charge is 0.357 e. The maximum absolute atomic E-state index is 13.7. The second-order valence-electron chi connectivity index (χ2n) is 6.34. The summed E-state index contributed by atoms with van der Waals surface area (Å²) in [6, 6.07) is 12.0. The van der Waals surface area contributed by atoms with Crippen molar-refractivity contribution >= 4 is 39.8 Å². The Kier molecular flexibility index (Phi) is 9.88. The molecule has 28 heavy (non-hydrogen) atoms. The first-order valence-electron chi connectivity index (χ1n) is 8.86. The zero-order chi connectivity index (χ0) is 19.9. The number of hydrogen-bond acceptors (Lipinski definition) is 3. The van der Waals surface area contributed by atoms with Gasteiger partial charge in [0.05, 0.1) is 11.4 Å². The molecule has 0 amide bonds. The number of aryl methyl sites for hydroxylation is 1. The van der Waals surface area contributed by atoms with Crippen LogP contribution in [0.3, 0.4) is 0 Å². The molecule has 154 valence electrons. The van der Waals surface area contributed by atoms with Crippen LogP contribution in [0.2, 0.25) is 0 Å². The Labute approximate surface area is 183 Å². The Hall–Kier alpha value is -1.68. The lowest BCUT2D eigenvalue weighted by molar-refractivity contribution is 0.601. The van der Waals surface area contributed by atoms with Gasteiger partial charge in [0.25, 0.3) is 0 Å². The molecule has 0 radical (unpaired) electrons. The van der Waals surface area contributed by atoms with Crippen LogP contribution in [0.4, 0.5) is 4.39 Å². The molecule has 0 heterocycles. The Morgan fingerprint density at radius 1 is 1.14 bits per heavy atom. The smallest absolute Gasteiger partial charge is 0.191 e. The highest BCUT2D eigenvalue weighted by molar-refractivity contribution is 14.0. The summed E-state index contributed by atoms with van der Waals surface area (Å²) < 4.78 is 37.1. The zero-order valence-electron chi connectivity index (χ0n) is 16.3. The van der Waals surface area contributed by atoms with Gasteiger partial charge in [-0.05, 0) is 49.1 Å². The number of aliphatic imine (C=N–C) groups is 1. The molecule has 2 rings (SSSR count). The summed E-state index contributed by atoms with van der Waals surface area (Å²) in [5.41, 5.74) is 2.29. The van der Waals surface area contributed by atoms with Crippen molar-refractivity contribution in [1.82, 2.24) is 10.6 Å². The number of nitrogens with zero attached hydrogens (tertiary/aromatic N) is 1. The number of halogens is 2. The van der Waals surface area contributed by atoms with E-state index >= 15 is 0 Å². The van der Waals surface area contributed by atoms with Crippen LogP contribution in [0.5, 0.6) is 0 Å². The van der Waals surface area contributed by atoms with E-state index in [1.807, 2.05) is 19.1 Å². The molecule has 0 bridgehead atoms. The lowest BCUT2D eigenvalue weighted by Crippen LogP contribution is -2.38. The molecule has 0 unspecified atom stereocenters. The molecule has 0 aliphatic heterocycles. The number of benzene rings is 2. The number of nitrogens with one attached hydrogen (secondary N) is 2. The van der Waals surface area contributed by atoms with E-state index in [9.17, 15) is 12.8 Å². The van der Waals surface area contributed by atoms with Gasteiger partial charge in [0.2, 0.25) is 0 Å². The van der Waals surface area contributed by atoms with E-state index in [-0.39, 0.29) is 29.8 Å². The highest BCUT2D eigenvalue weighted by Gasteiger charge is 2.10. The predicted molar refractivity (Wildman–Crippen MR) is 123 cm³/mol. The Balaban J connectivity index is 0.00000392. The van der Waals surface area contributed by atoms with Crippen molar-refractivity contribution in [3.05, 3.63) is 65.0 Å². The summed E-state index contributed by atoms with van der Waals surface area (Å²) in [5, 5.41) is 6.35. The van der Waals surface area contributed by atoms with Gasteiger partial charge < -0.3 is 10.6 Å². The van der Waals surface area contributed by atoms with Crippen LogP contribution < -0.4 is 10.6 Å². The van der Waals surface area contributed by atoms with Crippen molar-refractivity contribution in [2.24, 2.45) is 4.99 Å². The minimum atomic E-state index is -3.22. The SMILES string of the molecule is CCNC(=NCc1ccc(S(C)(=O)=O)c(C)c1)NCCc1ccccc1F.I. The minimum Gasteiger partial charge on any atom is -0.357 e. The summed E-state index contributed by atoms with van der Waals surface area (Å²) in [6.45, 7) is 5.43. The molecule has 2 aromatic carbocycles. The molecule has 0 fully saturated rings. The number of rotatable bonds is 7. The van der Waals surface area contributed by atoms with Crippen LogP contribution in [-0.2, 0) is 22.8 Å². The molecule has 0 aromatic heterocycles. The van der Waals surface area contributed by atoms with Gasteiger partial charge in [-0.15, -0.1) is 24.0 Å². The summed E-state index contributed by atoms with van der Waals surface area (Å²) in [6.07, 6.45) is 1.76. The third-order valence-corrected chi connectivity index (χ3v) is 5.30. The molecule has 0 saturated heterocycles. The van der Waals surface area contributed by atoms with Gasteiger partial charge >= 0.3 is 0 Å². The first-order chi connectivity index (χ1) is 12.8. The lowest BCUT2D eigenvalue weighted by atomic mass is 10.1. The zero-order valence-corrected chi connectivity index (χ0v) is 19.5. The van der Waals surface area contributed by atoms with E-state index in [1.165, 1.54) is 12.3 Å². The molecule has 5 nitrogen and oxygen atoms in total. The fourth-order valence-electron chi connectivity index (χ4n) is 2.75. The highest BCUT2D eigenvalue weighted by Crippen LogP contribution is 2.17. The van der Waals surface area contributed by atoms with Gasteiger partial charge in [0.1, 0.15) is 5.82 Å². The molecule has 0 aliphatic rings. The fraction of sp³-hybridized carbons (Fsp3) is 0.350. The van der Waals surface area contributed by atoms with E-state index in [1.54, 1.807) is 31.2 Å². The maximum atomic E-state index is 13.7. The molecule has 0 atom stereocenters. The van der Waals surface area contributed by atoms with Gasteiger partial charge in [0, 0.05) is 19.3 Å². The average Bonchev–Trinajstić information content (AvgIpc) is 2.60. The Morgan fingerprint density at radius 2 is 1.86 bits per heavy atom. The monoisotopic (exact) mass is 519 g/mol. The van der Waals surface area contributed by atoms with Crippen molar-refractivity contribution in [3.8, 4) is 0 Å². The van der Waals surface area contributed by atoms with E-state index in [0.717, 1.165) is 5.56 Å². The van der Waals surface area contributed by atoms with E-state index < -0.39 is 9.84 Å². The van der Waals surface area contributed by atoms with Crippen LogP contribution in [0.25, 0.3) is 0 Å². The van der Waals surface area contributed by atoms with Crippen molar-refractivity contribution < 1.29 is 12.8 Å². The lowest BCUT2D eigenvalue weighted by Gasteiger charge is -2.12. The second-order valence-corrected chi connectivity index (χ2v) is 8.32. The summed E-state index contributed by atoms with van der Waals surface area (Å²) in [5.74, 6) is 0.432. The predicted octanol–water partition coefficient (Wildman–Crippen LogP) is 3.45. The van der Waals surface area contributed by atoms with Crippen molar-refractivity contribution in [1.29, 1.82) is 0 Å².